The monoisotopic (exact) mass is 632 g/mol. The lowest BCUT2D eigenvalue weighted by Gasteiger charge is -2.35. The number of aryl methyl sites for hydroxylation is 1. The van der Waals surface area contributed by atoms with Crippen molar-refractivity contribution in [1.82, 2.24) is 0 Å². The zero-order chi connectivity index (χ0) is 34.8. The molecule has 0 spiro atoms. The molecule has 0 fully saturated rings. The molecule has 0 atom stereocenters. The van der Waals surface area contributed by atoms with Gasteiger partial charge < -0.3 is 0 Å². The second-order valence-corrected chi connectivity index (χ2v) is 16.2. The minimum absolute atomic E-state index is 0.248. The van der Waals surface area contributed by atoms with Crippen LogP contribution in [0.4, 0.5) is 0 Å². The second kappa shape index (κ2) is 12.5. The number of benzene rings is 4. The fourth-order valence-electron chi connectivity index (χ4n) is 9.09. The van der Waals surface area contributed by atoms with Gasteiger partial charge in [-0.3, -0.25) is 0 Å². The van der Waals surface area contributed by atoms with Gasteiger partial charge in [0, 0.05) is 5.41 Å². The third-order valence-electron chi connectivity index (χ3n) is 11.0. The van der Waals surface area contributed by atoms with Gasteiger partial charge in [0.2, 0.25) is 0 Å². The summed E-state index contributed by atoms with van der Waals surface area (Å²) in [6.07, 6.45) is 5.87. The predicted octanol–water partition coefficient (Wildman–Crippen LogP) is 14.0. The quantitative estimate of drug-likeness (QED) is 0.153. The summed E-state index contributed by atoms with van der Waals surface area (Å²) >= 11 is 0. The lowest BCUT2D eigenvalue weighted by atomic mass is 9.67. The molecule has 0 N–H and O–H groups in total. The van der Waals surface area contributed by atoms with Crippen LogP contribution >= 0.6 is 0 Å². The van der Waals surface area contributed by atoms with Gasteiger partial charge in [0.25, 0.3) is 0 Å². The third kappa shape index (κ3) is 5.19. The summed E-state index contributed by atoms with van der Waals surface area (Å²) in [5.41, 5.74) is 21.4. The molecule has 0 heterocycles. The summed E-state index contributed by atoms with van der Waals surface area (Å²) in [7, 11) is 0. The van der Waals surface area contributed by atoms with Crippen molar-refractivity contribution in [3.63, 3.8) is 0 Å². The van der Waals surface area contributed by atoms with E-state index < -0.39 is 0 Å². The highest BCUT2D eigenvalue weighted by atomic mass is 14.5. The number of fused-ring (bicyclic) bond motifs is 3. The zero-order valence-corrected chi connectivity index (χ0v) is 31.5. The van der Waals surface area contributed by atoms with E-state index in [0.29, 0.717) is 23.7 Å². The maximum atomic E-state index is 4.19. The van der Waals surface area contributed by atoms with Gasteiger partial charge in [-0.15, -0.1) is 13.2 Å². The normalized spacial score (nSPS) is 15.2. The van der Waals surface area contributed by atoms with Gasteiger partial charge in [-0.2, -0.15) is 0 Å². The topological polar surface area (TPSA) is 0 Å². The van der Waals surface area contributed by atoms with Crippen LogP contribution in [0, 0.1) is 12.3 Å². The van der Waals surface area contributed by atoms with Crippen molar-refractivity contribution in [1.29, 1.82) is 0 Å². The standard InChI is InChI=1S/C48H56/c1-14-17-32-25-34-23-31(11)24-38-41(34)39(26-32)45-44(38)47(43-37(29(7)8)22-21-33(18-15-2)40(43)30(9)10)48(12,13)46(45)42-35(27(3)4)19-16-20-36(42)28(5)6/h14-16,19-30H,1-2,17-18H2,3-13H3. The van der Waals surface area contributed by atoms with Gasteiger partial charge in [0.15, 0.2) is 0 Å². The molecule has 0 aromatic heterocycles. The SMILES string of the molecule is C=CCc1cc2c3c(cc(C)cc3c1)C1=C(c3c(C(C)C)ccc(CC=C)c3C(C)C)C(C)(C)C(c3c(C(C)C)cccc3C(C)C)=C12. The van der Waals surface area contributed by atoms with Crippen molar-refractivity contribution >= 4 is 33.1 Å². The van der Waals surface area contributed by atoms with Crippen LogP contribution in [0.15, 0.2) is 79.9 Å². The average molecular weight is 633 g/mol. The molecule has 0 nitrogen and oxygen atoms in total. The molecular weight excluding hydrogens is 577 g/mol. The van der Waals surface area contributed by atoms with Crippen molar-refractivity contribution in [2.45, 2.75) is 113 Å². The Kier molecular flexibility index (Phi) is 8.87. The summed E-state index contributed by atoms with van der Waals surface area (Å²) in [6, 6.07) is 21.7. The van der Waals surface area contributed by atoms with E-state index in [0.717, 1.165) is 12.8 Å². The summed E-state index contributed by atoms with van der Waals surface area (Å²) in [5, 5.41) is 2.76. The molecule has 6 rings (SSSR count). The van der Waals surface area contributed by atoms with Gasteiger partial charge in [0.05, 0.1) is 0 Å². The van der Waals surface area contributed by atoms with Crippen molar-refractivity contribution < 1.29 is 0 Å². The van der Waals surface area contributed by atoms with E-state index in [9.17, 15) is 0 Å². The zero-order valence-electron chi connectivity index (χ0n) is 31.5. The van der Waals surface area contributed by atoms with Gasteiger partial charge >= 0.3 is 0 Å². The summed E-state index contributed by atoms with van der Waals surface area (Å²) in [6.45, 7) is 34.7. The van der Waals surface area contributed by atoms with Crippen LogP contribution in [0.2, 0.25) is 0 Å². The first-order valence-electron chi connectivity index (χ1n) is 18.3. The Labute approximate surface area is 291 Å². The van der Waals surface area contributed by atoms with E-state index in [2.05, 4.69) is 156 Å². The first kappa shape index (κ1) is 34.0. The van der Waals surface area contributed by atoms with Crippen LogP contribution in [0.3, 0.4) is 0 Å². The van der Waals surface area contributed by atoms with E-state index in [-0.39, 0.29) is 5.41 Å². The molecule has 2 aliphatic rings. The number of allylic oxidation sites excluding steroid dienone is 6. The molecule has 0 bridgehead atoms. The molecule has 4 aromatic carbocycles. The van der Waals surface area contributed by atoms with Crippen molar-refractivity contribution in [3.8, 4) is 0 Å². The summed E-state index contributed by atoms with van der Waals surface area (Å²) in [4.78, 5) is 0. The Balaban J connectivity index is 1.90. The molecule has 0 amide bonds. The fraction of sp³-hybridized carbons (Fsp3) is 0.375. The predicted molar refractivity (Wildman–Crippen MR) is 213 cm³/mol. The molecule has 48 heavy (non-hydrogen) atoms. The second-order valence-electron chi connectivity index (χ2n) is 16.2. The van der Waals surface area contributed by atoms with Gasteiger partial charge in [-0.25, -0.2) is 0 Å². The van der Waals surface area contributed by atoms with Crippen LogP contribution in [-0.4, -0.2) is 0 Å². The van der Waals surface area contributed by atoms with Crippen LogP contribution in [0.25, 0.3) is 33.1 Å². The molecular formula is C48H56. The Bertz CT molecular complexity index is 2000. The van der Waals surface area contributed by atoms with E-state index in [1.54, 1.807) is 0 Å². The minimum Gasteiger partial charge on any atom is -0.103 e. The van der Waals surface area contributed by atoms with E-state index >= 15 is 0 Å². The van der Waals surface area contributed by atoms with Crippen molar-refractivity contribution in [3.05, 3.63) is 141 Å². The highest BCUT2D eigenvalue weighted by Gasteiger charge is 2.48. The lowest BCUT2D eigenvalue weighted by Crippen LogP contribution is -2.20. The van der Waals surface area contributed by atoms with Crippen LogP contribution in [0.5, 0.6) is 0 Å². The van der Waals surface area contributed by atoms with E-state index in [1.165, 1.54) is 94.3 Å². The molecule has 0 aliphatic heterocycles. The maximum absolute atomic E-state index is 4.19. The Hall–Kier alpha value is -3.90. The minimum atomic E-state index is -0.248. The Morgan fingerprint density at radius 3 is 1.71 bits per heavy atom. The Morgan fingerprint density at radius 2 is 1.17 bits per heavy atom. The largest absolute Gasteiger partial charge is 0.103 e. The van der Waals surface area contributed by atoms with Crippen LogP contribution in [-0.2, 0) is 12.8 Å². The third-order valence-corrected chi connectivity index (χ3v) is 11.0. The molecule has 0 saturated heterocycles. The van der Waals surface area contributed by atoms with Gasteiger partial charge in [0.1, 0.15) is 0 Å². The first-order valence-corrected chi connectivity index (χ1v) is 18.3. The van der Waals surface area contributed by atoms with Crippen LogP contribution in [0.1, 0.15) is 154 Å². The maximum Gasteiger partial charge on any atom is 0.0171 e. The molecule has 0 unspecified atom stereocenters. The molecule has 2 aliphatic carbocycles. The number of rotatable bonds is 10. The molecule has 0 heteroatoms. The highest BCUT2D eigenvalue weighted by molar-refractivity contribution is 6.38. The average Bonchev–Trinajstić information content (AvgIpc) is 3.43. The molecule has 4 aromatic rings. The summed E-state index contributed by atoms with van der Waals surface area (Å²) in [5.74, 6) is 1.57. The van der Waals surface area contributed by atoms with Gasteiger partial charge in [-0.1, -0.05) is 136 Å². The highest BCUT2D eigenvalue weighted by Crippen LogP contribution is 2.67. The van der Waals surface area contributed by atoms with Crippen LogP contribution < -0.4 is 0 Å². The molecule has 0 saturated carbocycles. The van der Waals surface area contributed by atoms with Crippen molar-refractivity contribution in [2.75, 3.05) is 0 Å². The van der Waals surface area contributed by atoms with E-state index in [4.69, 9.17) is 0 Å². The fourth-order valence-corrected chi connectivity index (χ4v) is 9.09. The molecule has 0 radical (unpaired) electrons. The first-order chi connectivity index (χ1) is 22.7. The van der Waals surface area contributed by atoms with Gasteiger partial charge in [-0.05, 0) is 138 Å². The smallest absolute Gasteiger partial charge is 0.0171 e. The summed E-state index contributed by atoms with van der Waals surface area (Å²) < 4.78 is 0. The lowest BCUT2D eigenvalue weighted by molar-refractivity contribution is 0.670. The molecule has 248 valence electrons. The van der Waals surface area contributed by atoms with Crippen molar-refractivity contribution in [2.24, 2.45) is 5.41 Å². The Morgan fingerprint density at radius 1 is 0.625 bits per heavy atom. The number of hydrogen-bond acceptors (Lipinski definition) is 0. The van der Waals surface area contributed by atoms with E-state index in [1.807, 2.05) is 0 Å². The number of hydrogen-bond donors (Lipinski definition) is 0.